The molecule has 2 fully saturated rings. The zero-order valence-electron chi connectivity index (χ0n) is 18.2. The van der Waals surface area contributed by atoms with E-state index in [1.165, 1.54) is 63.6 Å². The number of benzene rings is 2. The lowest BCUT2D eigenvalue weighted by Gasteiger charge is -2.15. The van der Waals surface area contributed by atoms with Crippen LogP contribution in [0, 0.1) is 0 Å². The molecule has 6 heteroatoms. The molecule has 2 aromatic rings. The van der Waals surface area contributed by atoms with Crippen molar-refractivity contribution in [3.05, 3.63) is 68.7 Å². The molecule has 1 saturated heterocycles. The maximum Gasteiger partial charge on any atom is 0.0696 e. The summed E-state index contributed by atoms with van der Waals surface area (Å²) >= 11 is 11.8. The summed E-state index contributed by atoms with van der Waals surface area (Å²) in [5.41, 5.74) is 3.48. The molecule has 3 N–H and O–H groups in total. The molecule has 1 heterocycles. The summed E-state index contributed by atoms with van der Waals surface area (Å²) in [6.45, 7) is 3.29. The zero-order valence-corrected chi connectivity index (χ0v) is 19.7. The van der Waals surface area contributed by atoms with Crippen LogP contribution in [0.15, 0.2) is 36.4 Å². The lowest BCUT2D eigenvalue weighted by Crippen LogP contribution is -2.18. The van der Waals surface area contributed by atoms with Crippen molar-refractivity contribution < 1.29 is 15.3 Å². The number of likely N-dealkylation sites (tertiary alicyclic amines) is 1. The average molecular weight is 468 g/mol. The number of rotatable bonds is 5. The fourth-order valence-electron chi connectivity index (χ4n) is 3.72. The van der Waals surface area contributed by atoms with Crippen LogP contribution in [0.1, 0.15) is 67.2 Å². The van der Waals surface area contributed by atoms with Gasteiger partial charge in [-0.15, -0.1) is 0 Å². The molecule has 0 spiro atoms. The highest BCUT2D eigenvalue weighted by Crippen LogP contribution is 2.20. The Kier molecular flexibility index (Phi) is 12.5. The molecule has 1 saturated carbocycles. The van der Waals surface area contributed by atoms with Crippen LogP contribution < -0.4 is 0 Å². The van der Waals surface area contributed by atoms with Crippen LogP contribution in [-0.2, 0) is 26.4 Å². The van der Waals surface area contributed by atoms with Gasteiger partial charge in [-0.25, -0.2) is 0 Å². The van der Waals surface area contributed by atoms with Crippen LogP contribution in [0.4, 0.5) is 0 Å². The van der Waals surface area contributed by atoms with Crippen molar-refractivity contribution in [2.45, 2.75) is 71.3 Å². The first-order chi connectivity index (χ1) is 15.1. The molecule has 0 radical (unpaired) electrons. The molecular formula is C25H35Cl2NO3. The van der Waals surface area contributed by atoms with Crippen molar-refractivity contribution in [2.24, 2.45) is 0 Å². The van der Waals surface area contributed by atoms with Crippen molar-refractivity contribution in [3.8, 4) is 0 Å². The Labute approximate surface area is 196 Å². The minimum absolute atomic E-state index is 0.0167. The van der Waals surface area contributed by atoms with Crippen LogP contribution in [0.2, 0.25) is 10.0 Å². The Morgan fingerprint density at radius 1 is 0.613 bits per heavy atom. The fourth-order valence-corrected chi connectivity index (χ4v) is 4.24. The monoisotopic (exact) mass is 467 g/mol. The summed E-state index contributed by atoms with van der Waals surface area (Å²) in [5, 5.41) is 27.6. The molecule has 0 atom stereocenters. The summed E-state index contributed by atoms with van der Waals surface area (Å²) in [6.07, 6.45) is 10.1. The van der Waals surface area contributed by atoms with E-state index in [0.717, 1.165) is 17.7 Å². The van der Waals surface area contributed by atoms with E-state index in [1.54, 1.807) is 18.2 Å². The van der Waals surface area contributed by atoms with Crippen molar-refractivity contribution in [1.29, 1.82) is 0 Å². The summed E-state index contributed by atoms with van der Waals surface area (Å²) in [6, 6.07) is 11.0. The molecule has 0 amide bonds. The average Bonchev–Trinajstić information content (AvgIpc) is 3.51. The van der Waals surface area contributed by atoms with E-state index in [-0.39, 0.29) is 19.8 Å². The van der Waals surface area contributed by atoms with Gasteiger partial charge in [-0.3, -0.25) is 4.90 Å². The second-order valence-electron chi connectivity index (χ2n) is 8.08. The molecule has 4 nitrogen and oxygen atoms in total. The van der Waals surface area contributed by atoms with Crippen LogP contribution in [0.3, 0.4) is 0 Å². The zero-order chi connectivity index (χ0) is 22.5. The quantitative estimate of drug-likeness (QED) is 0.527. The molecule has 1 aliphatic carbocycles. The molecule has 0 bridgehead atoms. The number of nitrogens with zero attached hydrogens (tertiary/aromatic N) is 1. The second-order valence-corrected chi connectivity index (χ2v) is 8.89. The Morgan fingerprint density at radius 3 is 1.48 bits per heavy atom. The first kappa shape index (κ1) is 26.1. The third-order valence-corrected chi connectivity index (χ3v) is 6.32. The number of aliphatic hydroxyl groups excluding tert-OH is 3. The van der Waals surface area contributed by atoms with Crippen molar-refractivity contribution in [2.75, 3.05) is 13.1 Å². The molecule has 0 unspecified atom stereocenters. The molecular weight excluding hydrogens is 433 g/mol. The van der Waals surface area contributed by atoms with Gasteiger partial charge in [0.2, 0.25) is 0 Å². The minimum atomic E-state index is -0.0649. The normalized spacial score (nSPS) is 15.8. The molecule has 31 heavy (non-hydrogen) atoms. The highest BCUT2D eigenvalue weighted by molar-refractivity contribution is 6.31. The lowest BCUT2D eigenvalue weighted by atomic mass is 10.1. The third-order valence-electron chi connectivity index (χ3n) is 5.61. The van der Waals surface area contributed by atoms with Crippen LogP contribution in [-0.4, -0.2) is 33.3 Å². The van der Waals surface area contributed by atoms with E-state index in [0.29, 0.717) is 15.6 Å². The topological polar surface area (TPSA) is 63.9 Å². The molecule has 0 aromatic heterocycles. The third kappa shape index (κ3) is 9.48. The Hall–Kier alpha value is -1.14. The van der Waals surface area contributed by atoms with Crippen molar-refractivity contribution >= 4 is 23.2 Å². The van der Waals surface area contributed by atoms with Crippen LogP contribution in [0.25, 0.3) is 0 Å². The first-order valence-corrected chi connectivity index (χ1v) is 11.9. The van der Waals surface area contributed by atoms with E-state index < -0.39 is 0 Å². The van der Waals surface area contributed by atoms with Gasteiger partial charge in [-0.1, -0.05) is 79.6 Å². The Balaban J connectivity index is 0.000000186. The number of hydrogen-bond donors (Lipinski definition) is 3. The van der Waals surface area contributed by atoms with Crippen molar-refractivity contribution in [3.63, 3.8) is 0 Å². The van der Waals surface area contributed by atoms with E-state index >= 15 is 0 Å². The number of halogens is 2. The van der Waals surface area contributed by atoms with Gasteiger partial charge in [0.25, 0.3) is 0 Å². The van der Waals surface area contributed by atoms with Crippen molar-refractivity contribution in [1.82, 2.24) is 4.90 Å². The smallest absolute Gasteiger partial charge is 0.0696 e. The van der Waals surface area contributed by atoms with E-state index in [9.17, 15) is 0 Å². The maximum absolute atomic E-state index is 9.00. The fraction of sp³-hybridized carbons (Fsp3) is 0.520. The predicted octanol–water partition coefficient (Wildman–Crippen LogP) is 5.70. The standard InChI is InChI=1S/C12H16ClNO.C8H9ClO2.C5H10/c13-12-7-10(3-4-11(12)9-15)8-14-5-1-2-6-14;9-8-3-6(4-10)1-2-7(8)5-11;1-2-4-5-3-1/h3-4,7,15H,1-2,5-6,8-9H2;1-3,10-11H,4-5H2;1-5H2. The first-order valence-electron chi connectivity index (χ1n) is 11.2. The summed E-state index contributed by atoms with van der Waals surface area (Å²) in [4.78, 5) is 2.43. The summed E-state index contributed by atoms with van der Waals surface area (Å²) in [5.74, 6) is 0. The number of hydrogen-bond acceptors (Lipinski definition) is 4. The lowest BCUT2D eigenvalue weighted by molar-refractivity contribution is 0.278. The van der Waals surface area contributed by atoms with E-state index in [1.807, 2.05) is 12.1 Å². The van der Waals surface area contributed by atoms with Crippen LogP contribution in [0.5, 0.6) is 0 Å². The van der Waals surface area contributed by atoms with Gasteiger partial charge in [-0.2, -0.15) is 0 Å². The highest BCUT2D eigenvalue weighted by Gasteiger charge is 2.12. The molecule has 1 aliphatic heterocycles. The van der Waals surface area contributed by atoms with Gasteiger partial charge in [0, 0.05) is 16.6 Å². The predicted molar refractivity (Wildman–Crippen MR) is 128 cm³/mol. The van der Waals surface area contributed by atoms with Gasteiger partial charge in [-0.05, 0) is 60.3 Å². The van der Waals surface area contributed by atoms with E-state index in [2.05, 4.69) is 11.0 Å². The second kappa shape index (κ2) is 14.8. The van der Waals surface area contributed by atoms with Crippen LogP contribution >= 0.6 is 23.2 Å². The Morgan fingerprint density at radius 2 is 1.06 bits per heavy atom. The van der Waals surface area contributed by atoms with Gasteiger partial charge in [0.1, 0.15) is 0 Å². The summed E-state index contributed by atoms with van der Waals surface area (Å²) in [7, 11) is 0. The van der Waals surface area contributed by atoms with Gasteiger partial charge >= 0.3 is 0 Å². The van der Waals surface area contributed by atoms with Gasteiger partial charge in [0.15, 0.2) is 0 Å². The highest BCUT2D eigenvalue weighted by atomic mass is 35.5. The summed E-state index contributed by atoms with van der Waals surface area (Å²) < 4.78 is 0. The number of aliphatic hydroxyl groups is 3. The molecule has 4 rings (SSSR count). The van der Waals surface area contributed by atoms with Gasteiger partial charge < -0.3 is 15.3 Å². The molecule has 2 aromatic carbocycles. The maximum atomic E-state index is 9.00. The largest absolute Gasteiger partial charge is 0.392 e. The molecule has 172 valence electrons. The minimum Gasteiger partial charge on any atom is -0.392 e. The van der Waals surface area contributed by atoms with E-state index in [4.69, 9.17) is 38.5 Å². The Bertz CT molecular complexity index is 768. The van der Waals surface area contributed by atoms with Gasteiger partial charge in [0.05, 0.1) is 19.8 Å². The molecule has 2 aliphatic rings. The SMILES string of the molecule is C1CCCC1.OCc1ccc(CN2CCCC2)cc1Cl.OCc1ccc(CO)c(Cl)c1.